The zero-order valence-electron chi connectivity index (χ0n) is 16.4. The first-order chi connectivity index (χ1) is 14.0. The summed E-state index contributed by atoms with van der Waals surface area (Å²) in [7, 11) is 0. The van der Waals surface area contributed by atoms with E-state index in [4.69, 9.17) is 27.9 Å². The molecule has 29 heavy (non-hydrogen) atoms. The van der Waals surface area contributed by atoms with Gasteiger partial charge in [0.2, 0.25) is 5.91 Å². The van der Waals surface area contributed by atoms with Gasteiger partial charge >= 0.3 is 0 Å². The number of rotatable bonds is 6. The Morgan fingerprint density at radius 2 is 1.93 bits per heavy atom. The van der Waals surface area contributed by atoms with Crippen molar-refractivity contribution in [1.29, 1.82) is 5.26 Å². The van der Waals surface area contributed by atoms with E-state index in [0.29, 0.717) is 33.7 Å². The molecule has 1 saturated carbocycles. The summed E-state index contributed by atoms with van der Waals surface area (Å²) in [5.74, 6) is 0.424. The highest BCUT2D eigenvalue weighted by Crippen LogP contribution is 2.44. The lowest BCUT2D eigenvalue weighted by atomic mass is 9.68. The molecule has 0 aliphatic heterocycles. The molecule has 0 saturated heterocycles. The summed E-state index contributed by atoms with van der Waals surface area (Å²) < 4.78 is 5.60. The fourth-order valence-electron chi connectivity index (χ4n) is 3.94. The van der Waals surface area contributed by atoms with Gasteiger partial charge in [0.15, 0.2) is 0 Å². The van der Waals surface area contributed by atoms with Crippen molar-refractivity contribution >= 4 is 34.8 Å². The first kappa shape index (κ1) is 21.5. The predicted molar refractivity (Wildman–Crippen MR) is 117 cm³/mol. The molecule has 0 radical (unpaired) electrons. The van der Waals surface area contributed by atoms with Crippen LogP contribution in [-0.4, -0.2) is 12.5 Å². The van der Waals surface area contributed by atoms with Crippen LogP contribution in [0.4, 0.5) is 5.69 Å². The van der Waals surface area contributed by atoms with Gasteiger partial charge in [-0.3, -0.25) is 4.79 Å². The minimum Gasteiger partial charge on any atom is -0.492 e. The molecule has 152 valence electrons. The van der Waals surface area contributed by atoms with E-state index in [1.165, 1.54) is 0 Å². The van der Waals surface area contributed by atoms with Crippen LogP contribution in [0, 0.1) is 11.3 Å². The van der Waals surface area contributed by atoms with Crippen molar-refractivity contribution in [2.45, 2.75) is 50.9 Å². The normalized spacial score (nSPS) is 15.4. The number of nitrogens with one attached hydrogen (secondary N) is 1. The lowest BCUT2D eigenvalue weighted by Gasteiger charge is -2.37. The van der Waals surface area contributed by atoms with Crippen molar-refractivity contribution in [2.75, 3.05) is 11.9 Å². The van der Waals surface area contributed by atoms with Crippen molar-refractivity contribution in [3.05, 3.63) is 57.6 Å². The van der Waals surface area contributed by atoms with Crippen LogP contribution in [0.3, 0.4) is 0 Å². The average molecular weight is 431 g/mol. The molecule has 0 bridgehead atoms. The van der Waals surface area contributed by atoms with Gasteiger partial charge in [-0.2, -0.15) is 5.26 Å². The lowest BCUT2D eigenvalue weighted by molar-refractivity contribution is -0.122. The van der Waals surface area contributed by atoms with Gasteiger partial charge < -0.3 is 10.1 Å². The molecule has 6 heteroatoms. The molecule has 0 atom stereocenters. The third-order valence-electron chi connectivity index (χ3n) is 5.41. The highest BCUT2D eigenvalue weighted by Gasteiger charge is 2.42. The zero-order valence-corrected chi connectivity index (χ0v) is 17.9. The van der Waals surface area contributed by atoms with Gasteiger partial charge in [0.05, 0.1) is 17.6 Å². The molecule has 2 aromatic rings. The first-order valence-corrected chi connectivity index (χ1v) is 10.7. The highest BCUT2D eigenvalue weighted by molar-refractivity contribution is 6.35. The number of carbonyl (C=O) groups excluding carboxylic acids is 1. The van der Waals surface area contributed by atoms with Gasteiger partial charge in [0.1, 0.15) is 11.8 Å². The molecule has 1 amide bonds. The predicted octanol–water partition coefficient (Wildman–Crippen LogP) is 6.49. The van der Waals surface area contributed by atoms with E-state index >= 15 is 0 Å². The molecule has 0 unspecified atom stereocenters. The summed E-state index contributed by atoms with van der Waals surface area (Å²) in [4.78, 5) is 13.5. The van der Waals surface area contributed by atoms with Gasteiger partial charge in [-0.05, 0) is 55.2 Å². The van der Waals surface area contributed by atoms with E-state index in [1.54, 1.807) is 30.3 Å². The third-order valence-corrected chi connectivity index (χ3v) is 5.96. The number of ether oxygens (including phenoxy) is 1. The summed E-state index contributed by atoms with van der Waals surface area (Å²) in [6, 6.07) is 12.6. The van der Waals surface area contributed by atoms with Crippen LogP contribution < -0.4 is 10.1 Å². The van der Waals surface area contributed by atoms with Crippen LogP contribution >= 0.6 is 23.2 Å². The molecule has 0 heterocycles. The van der Waals surface area contributed by atoms with E-state index in [1.807, 2.05) is 13.0 Å². The SMILES string of the molecule is CCCOc1ccc(NC(=O)C2(c3ccc(Cl)cc3Cl)CCCCC2)cc1C#N. The van der Waals surface area contributed by atoms with E-state index in [0.717, 1.165) is 44.1 Å². The summed E-state index contributed by atoms with van der Waals surface area (Å²) in [6.45, 7) is 2.55. The Hall–Kier alpha value is -2.22. The molecular weight excluding hydrogens is 407 g/mol. The number of halogens is 2. The van der Waals surface area contributed by atoms with Crippen LogP contribution in [0.5, 0.6) is 5.75 Å². The second-order valence-corrected chi connectivity index (χ2v) is 8.24. The van der Waals surface area contributed by atoms with Crippen molar-refractivity contribution in [3.8, 4) is 11.8 Å². The van der Waals surface area contributed by atoms with Crippen molar-refractivity contribution < 1.29 is 9.53 Å². The maximum atomic E-state index is 13.5. The maximum Gasteiger partial charge on any atom is 0.235 e. The van der Waals surface area contributed by atoms with Crippen LogP contribution in [0.25, 0.3) is 0 Å². The van der Waals surface area contributed by atoms with Gasteiger partial charge in [-0.15, -0.1) is 0 Å². The second kappa shape index (κ2) is 9.52. The van der Waals surface area contributed by atoms with E-state index in [9.17, 15) is 10.1 Å². The smallest absolute Gasteiger partial charge is 0.235 e. The first-order valence-electron chi connectivity index (χ1n) is 9.94. The number of hydrogen-bond donors (Lipinski definition) is 1. The Morgan fingerprint density at radius 1 is 1.17 bits per heavy atom. The van der Waals surface area contributed by atoms with Crippen LogP contribution in [0.2, 0.25) is 10.0 Å². The number of amides is 1. The number of anilines is 1. The summed E-state index contributed by atoms with van der Waals surface area (Å²) in [5, 5.41) is 13.5. The van der Waals surface area contributed by atoms with Gasteiger partial charge in [-0.25, -0.2) is 0 Å². The fourth-order valence-corrected chi connectivity index (χ4v) is 4.52. The summed E-state index contributed by atoms with van der Waals surface area (Å²) >= 11 is 12.6. The standard InChI is InChI=1S/C23H24Cl2N2O2/c1-2-12-29-21-9-7-18(13-16(21)15-26)27-22(28)23(10-4-3-5-11-23)19-8-6-17(24)14-20(19)25/h6-9,13-14H,2-5,10-12H2,1H3,(H,27,28). The molecule has 1 aliphatic rings. The minimum atomic E-state index is -0.704. The van der Waals surface area contributed by atoms with Gasteiger partial charge in [-0.1, -0.05) is 55.5 Å². The van der Waals surface area contributed by atoms with Gasteiger partial charge in [0.25, 0.3) is 0 Å². The van der Waals surface area contributed by atoms with Crippen LogP contribution in [0.15, 0.2) is 36.4 Å². The Morgan fingerprint density at radius 3 is 2.59 bits per heavy atom. The Labute approximate surface area is 181 Å². The van der Waals surface area contributed by atoms with Crippen LogP contribution in [-0.2, 0) is 10.2 Å². The third kappa shape index (κ3) is 4.69. The quantitative estimate of drug-likeness (QED) is 0.568. The molecule has 0 aromatic heterocycles. The van der Waals surface area contributed by atoms with Crippen molar-refractivity contribution in [1.82, 2.24) is 0 Å². The van der Waals surface area contributed by atoms with Crippen LogP contribution in [0.1, 0.15) is 56.6 Å². The molecular formula is C23H24Cl2N2O2. The molecule has 3 rings (SSSR count). The molecule has 2 aromatic carbocycles. The molecule has 4 nitrogen and oxygen atoms in total. The maximum absolute atomic E-state index is 13.5. The van der Waals surface area contributed by atoms with Crippen molar-refractivity contribution in [2.24, 2.45) is 0 Å². The Kier molecular flexibility index (Phi) is 7.05. The largest absolute Gasteiger partial charge is 0.492 e. The number of benzene rings is 2. The van der Waals surface area contributed by atoms with E-state index in [-0.39, 0.29) is 5.91 Å². The summed E-state index contributed by atoms with van der Waals surface area (Å²) in [5.41, 5.74) is 1.08. The monoisotopic (exact) mass is 430 g/mol. The average Bonchev–Trinajstić information content (AvgIpc) is 2.73. The Bertz CT molecular complexity index is 931. The molecule has 1 aliphatic carbocycles. The van der Waals surface area contributed by atoms with Crippen molar-refractivity contribution in [3.63, 3.8) is 0 Å². The molecule has 0 spiro atoms. The number of carbonyl (C=O) groups is 1. The van der Waals surface area contributed by atoms with E-state index in [2.05, 4.69) is 11.4 Å². The van der Waals surface area contributed by atoms with Gasteiger partial charge in [0, 0.05) is 15.7 Å². The minimum absolute atomic E-state index is 0.104. The zero-order chi connectivity index (χ0) is 20.9. The number of nitrogens with zero attached hydrogens (tertiary/aromatic N) is 1. The Balaban J connectivity index is 1.91. The lowest BCUT2D eigenvalue weighted by Crippen LogP contribution is -2.42. The highest BCUT2D eigenvalue weighted by atomic mass is 35.5. The second-order valence-electron chi connectivity index (χ2n) is 7.39. The number of nitriles is 1. The fraction of sp³-hybridized carbons (Fsp3) is 0.391. The molecule has 1 fully saturated rings. The topological polar surface area (TPSA) is 62.1 Å². The number of hydrogen-bond acceptors (Lipinski definition) is 3. The summed E-state index contributed by atoms with van der Waals surface area (Å²) in [6.07, 6.45) is 5.32. The van der Waals surface area contributed by atoms with E-state index < -0.39 is 5.41 Å². The molecule has 1 N–H and O–H groups in total.